The first kappa shape index (κ1) is 17.4. The number of carbonyl (C=O) groups excluding carboxylic acids is 1. The Morgan fingerprint density at radius 3 is 2.37 bits per heavy atom. The largest absolute Gasteiger partial charge is 0.480 e. The van der Waals surface area contributed by atoms with Crippen molar-refractivity contribution in [2.24, 2.45) is 0 Å². The van der Waals surface area contributed by atoms with E-state index in [1.54, 1.807) is 20.8 Å². The van der Waals surface area contributed by atoms with Crippen LogP contribution < -0.4 is 5.32 Å². The molecule has 0 aliphatic carbocycles. The van der Waals surface area contributed by atoms with Gasteiger partial charge in [-0.25, -0.2) is 9.59 Å². The quantitative estimate of drug-likeness (QED) is 0.640. The number of hydrogen-bond acceptors (Lipinski definition) is 4. The van der Waals surface area contributed by atoms with Gasteiger partial charge in [0.15, 0.2) is 6.04 Å². The summed E-state index contributed by atoms with van der Waals surface area (Å²) in [6.45, 7) is 6.85. The van der Waals surface area contributed by atoms with Crippen LogP contribution in [0.25, 0.3) is 0 Å². The van der Waals surface area contributed by atoms with Gasteiger partial charge in [0.25, 0.3) is 0 Å². The van der Waals surface area contributed by atoms with Gasteiger partial charge in [0.05, 0.1) is 6.10 Å². The molecule has 0 aliphatic heterocycles. The van der Waals surface area contributed by atoms with Crippen molar-refractivity contribution in [3.8, 4) is 0 Å². The molecule has 0 aliphatic rings. The van der Waals surface area contributed by atoms with E-state index in [0.29, 0.717) is 6.42 Å². The highest BCUT2D eigenvalue weighted by molar-refractivity contribution is 5.80. The first-order valence-corrected chi connectivity index (χ1v) is 6.19. The summed E-state index contributed by atoms with van der Waals surface area (Å²) in [5.41, 5.74) is -0.719. The number of ether oxygens (including phenoxy) is 1. The van der Waals surface area contributed by atoms with E-state index in [-0.39, 0.29) is 6.42 Å². The summed E-state index contributed by atoms with van der Waals surface area (Å²) >= 11 is 0. The molecule has 0 heterocycles. The van der Waals surface area contributed by atoms with E-state index in [1.807, 2.05) is 19.1 Å². The molecule has 0 unspecified atom stereocenters. The predicted molar refractivity (Wildman–Crippen MR) is 70.8 cm³/mol. The van der Waals surface area contributed by atoms with Crippen molar-refractivity contribution in [1.29, 1.82) is 0 Å². The van der Waals surface area contributed by atoms with Crippen LogP contribution in [-0.2, 0) is 9.53 Å². The van der Waals surface area contributed by atoms with Crippen molar-refractivity contribution in [2.75, 3.05) is 0 Å². The monoisotopic (exact) mass is 273 g/mol. The predicted octanol–water partition coefficient (Wildman–Crippen LogP) is 1.68. The van der Waals surface area contributed by atoms with Gasteiger partial charge in [-0.05, 0) is 40.5 Å². The van der Waals surface area contributed by atoms with Gasteiger partial charge < -0.3 is 20.3 Å². The Morgan fingerprint density at radius 2 is 1.95 bits per heavy atom. The summed E-state index contributed by atoms with van der Waals surface area (Å²) < 4.78 is 4.96. The number of amides is 1. The van der Waals surface area contributed by atoms with E-state index in [2.05, 4.69) is 5.32 Å². The molecule has 110 valence electrons. The molecular formula is C13H23NO5. The first-order valence-electron chi connectivity index (χ1n) is 6.19. The number of carbonyl (C=O) groups is 2. The van der Waals surface area contributed by atoms with Crippen LogP contribution in [0.3, 0.4) is 0 Å². The van der Waals surface area contributed by atoms with E-state index < -0.39 is 29.8 Å². The number of carboxylic acid groups (broad SMARTS) is 1. The third-order valence-corrected chi connectivity index (χ3v) is 2.19. The molecule has 0 aromatic heterocycles. The lowest BCUT2D eigenvalue weighted by Gasteiger charge is -2.24. The highest BCUT2D eigenvalue weighted by Gasteiger charge is 2.29. The summed E-state index contributed by atoms with van der Waals surface area (Å²) in [5, 5.41) is 20.9. The van der Waals surface area contributed by atoms with Gasteiger partial charge in [-0.1, -0.05) is 12.2 Å². The molecule has 0 saturated heterocycles. The zero-order valence-corrected chi connectivity index (χ0v) is 11.8. The Bertz CT molecular complexity index is 332. The number of aliphatic hydroxyl groups is 1. The zero-order chi connectivity index (χ0) is 15.1. The molecule has 19 heavy (non-hydrogen) atoms. The van der Waals surface area contributed by atoms with Crippen LogP contribution in [-0.4, -0.2) is 40.0 Å². The highest BCUT2D eigenvalue weighted by atomic mass is 16.6. The fourth-order valence-electron chi connectivity index (χ4n) is 1.36. The second-order valence-corrected chi connectivity index (χ2v) is 5.18. The van der Waals surface area contributed by atoms with Crippen molar-refractivity contribution in [3.63, 3.8) is 0 Å². The number of rotatable bonds is 6. The zero-order valence-electron chi connectivity index (χ0n) is 11.8. The van der Waals surface area contributed by atoms with Crippen LogP contribution in [0, 0.1) is 0 Å². The van der Waals surface area contributed by atoms with Gasteiger partial charge in [0.1, 0.15) is 5.60 Å². The van der Waals surface area contributed by atoms with E-state index in [4.69, 9.17) is 9.84 Å². The van der Waals surface area contributed by atoms with Crippen LogP contribution in [0.5, 0.6) is 0 Å². The molecule has 0 aromatic rings. The van der Waals surface area contributed by atoms with E-state index >= 15 is 0 Å². The minimum absolute atomic E-state index is 0.247. The Hall–Kier alpha value is -1.56. The molecule has 0 radical (unpaired) electrons. The van der Waals surface area contributed by atoms with Crippen molar-refractivity contribution in [1.82, 2.24) is 5.32 Å². The maximum absolute atomic E-state index is 11.5. The number of aliphatic carboxylic acids is 1. The van der Waals surface area contributed by atoms with Gasteiger partial charge in [-0.3, -0.25) is 0 Å². The molecule has 0 saturated carbocycles. The lowest BCUT2D eigenvalue weighted by atomic mass is 10.1. The fraction of sp³-hybridized carbons (Fsp3) is 0.692. The summed E-state index contributed by atoms with van der Waals surface area (Å²) in [7, 11) is 0. The standard InChI is InChI=1S/C13H23NO5/c1-5-6-7-8-9(15)10(11(16)17)14-12(18)19-13(2,3)4/h5-6,9-10,15H,7-8H2,1-4H3,(H,14,18)(H,16,17)/b6-5+/t9-,10+/m1/s1. The molecule has 0 bridgehead atoms. The molecule has 0 fully saturated rings. The van der Waals surface area contributed by atoms with Crippen LogP contribution >= 0.6 is 0 Å². The molecule has 6 nitrogen and oxygen atoms in total. The van der Waals surface area contributed by atoms with Gasteiger partial charge in [0, 0.05) is 0 Å². The summed E-state index contributed by atoms with van der Waals surface area (Å²) in [5.74, 6) is -1.29. The summed E-state index contributed by atoms with van der Waals surface area (Å²) in [4.78, 5) is 22.5. The van der Waals surface area contributed by atoms with Gasteiger partial charge in [-0.2, -0.15) is 0 Å². The lowest BCUT2D eigenvalue weighted by molar-refractivity contribution is -0.142. The second-order valence-electron chi connectivity index (χ2n) is 5.18. The van der Waals surface area contributed by atoms with Crippen LogP contribution in [0.2, 0.25) is 0 Å². The van der Waals surface area contributed by atoms with Crippen LogP contribution in [0.4, 0.5) is 4.79 Å². The van der Waals surface area contributed by atoms with Crippen molar-refractivity contribution >= 4 is 12.1 Å². The maximum atomic E-state index is 11.5. The number of aliphatic hydroxyl groups excluding tert-OH is 1. The highest BCUT2D eigenvalue weighted by Crippen LogP contribution is 2.09. The molecule has 1 amide bonds. The molecule has 0 spiro atoms. The van der Waals surface area contributed by atoms with Crippen molar-refractivity contribution in [3.05, 3.63) is 12.2 Å². The number of alkyl carbamates (subject to hydrolysis) is 1. The number of hydrogen-bond donors (Lipinski definition) is 3. The van der Waals surface area contributed by atoms with Crippen LogP contribution in [0.15, 0.2) is 12.2 Å². The Labute approximate surface area is 113 Å². The summed E-state index contributed by atoms with van der Waals surface area (Å²) in [6.07, 6.45) is 2.39. The van der Waals surface area contributed by atoms with E-state index in [9.17, 15) is 14.7 Å². The minimum atomic E-state index is -1.37. The Kier molecular flexibility index (Phi) is 7.14. The molecule has 3 N–H and O–H groups in total. The SMILES string of the molecule is C/C=C/CC[C@@H](O)[C@H](NC(=O)OC(C)(C)C)C(=O)O. The number of carboxylic acids is 1. The van der Waals surface area contributed by atoms with E-state index in [1.165, 1.54) is 0 Å². The topological polar surface area (TPSA) is 95.9 Å². The fourth-order valence-corrected chi connectivity index (χ4v) is 1.36. The van der Waals surface area contributed by atoms with E-state index in [0.717, 1.165) is 0 Å². The molecule has 0 rings (SSSR count). The molecular weight excluding hydrogens is 250 g/mol. The third kappa shape index (κ3) is 8.20. The molecule has 6 heteroatoms. The Morgan fingerprint density at radius 1 is 1.37 bits per heavy atom. The first-order chi connectivity index (χ1) is 8.67. The van der Waals surface area contributed by atoms with Crippen LogP contribution in [0.1, 0.15) is 40.5 Å². The smallest absolute Gasteiger partial charge is 0.408 e. The number of allylic oxidation sites excluding steroid dienone is 2. The third-order valence-electron chi connectivity index (χ3n) is 2.19. The van der Waals surface area contributed by atoms with Gasteiger partial charge >= 0.3 is 12.1 Å². The maximum Gasteiger partial charge on any atom is 0.408 e. The van der Waals surface area contributed by atoms with Gasteiger partial charge in [0.2, 0.25) is 0 Å². The van der Waals surface area contributed by atoms with Crippen molar-refractivity contribution < 1.29 is 24.5 Å². The van der Waals surface area contributed by atoms with Crippen molar-refractivity contribution in [2.45, 2.75) is 58.3 Å². The molecule has 0 aromatic carbocycles. The Balaban J connectivity index is 4.48. The molecule has 2 atom stereocenters. The second kappa shape index (κ2) is 7.78. The van der Waals surface area contributed by atoms with Gasteiger partial charge in [-0.15, -0.1) is 0 Å². The number of nitrogens with one attached hydrogen (secondary N) is 1. The average Bonchev–Trinajstić information content (AvgIpc) is 2.23. The minimum Gasteiger partial charge on any atom is -0.480 e. The summed E-state index contributed by atoms with van der Waals surface area (Å²) in [6, 6.07) is -1.37. The lowest BCUT2D eigenvalue weighted by Crippen LogP contribution is -2.50. The normalized spacial score (nSPS) is 15.0. The average molecular weight is 273 g/mol.